The Kier molecular flexibility index (Phi) is 5.03. The highest BCUT2D eigenvalue weighted by atomic mass is 32.1. The average molecular weight is 348 g/mol. The molecule has 1 heterocycles. The van der Waals surface area contributed by atoms with Gasteiger partial charge in [-0.1, -0.05) is 6.42 Å². The first-order chi connectivity index (χ1) is 10.6. The zero-order valence-corrected chi connectivity index (χ0v) is 13.7. The summed E-state index contributed by atoms with van der Waals surface area (Å²) in [7, 11) is 0. The van der Waals surface area contributed by atoms with Crippen LogP contribution >= 0.6 is 11.3 Å². The summed E-state index contributed by atoms with van der Waals surface area (Å²) in [5.41, 5.74) is 6.26. The summed E-state index contributed by atoms with van der Waals surface area (Å²) < 4.78 is 38.5. The fraction of sp³-hybridized carbons (Fsp3) is 0.600. The van der Waals surface area contributed by atoms with E-state index < -0.39 is 29.8 Å². The van der Waals surface area contributed by atoms with E-state index in [0.717, 1.165) is 4.88 Å². The minimum absolute atomic E-state index is 0.0665. The first kappa shape index (κ1) is 17.8. The zero-order valence-electron chi connectivity index (χ0n) is 12.9. The number of primary amides is 1. The lowest BCUT2D eigenvalue weighted by atomic mass is 9.80. The number of rotatable bonds is 3. The molecule has 0 unspecified atom stereocenters. The standard InChI is InChI=1S/C15H19F3N2O2S/c1-7-8(2)23-14(11(7)12(19)21)20-13(22)9-4-3-5-10(6-9)15(16,17)18/h9-10H,3-6H2,1-2H3,(H2,19,21)(H,20,22)/t9-,10-/m0/s1. The predicted octanol–water partition coefficient (Wildman–Crippen LogP) is 3.77. The van der Waals surface area contributed by atoms with Crippen LogP contribution in [-0.2, 0) is 4.79 Å². The molecule has 0 radical (unpaired) electrons. The molecular weight excluding hydrogens is 329 g/mol. The van der Waals surface area contributed by atoms with Gasteiger partial charge in [0.15, 0.2) is 0 Å². The average Bonchev–Trinajstić information content (AvgIpc) is 2.73. The van der Waals surface area contributed by atoms with Crippen LogP contribution in [0.25, 0.3) is 0 Å². The summed E-state index contributed by atoms with van der Waals surface area (Å²) in [4.78, 5) is 24.7. The third-order valence-electron chi connectivity index (χ3n) is 4.38. The maximum absolute atomic E-state index is 12.8. The Labute approximate surface area is 136 Å². The number of carbonyl (C=O) groups excluding carboxylic acids is 2. The molecule has 1 aromatic heterocycles. The molecule has 2 rings (SSSR count). The van der Waals surface area contributed by atoms with Crippen molar-refractivity contribution in [2.45, 2.75) is 45.7 Å². The van der Waals surface area contributed by atoms with Gasteiger partial charge in [0.1, 0.15) is 5.00 Å². The van der Waals surface area contributed by atoms with Crippen LogP contribution in [0, 0.1) is 25.7 Å². The number of alkyl halides is 3. The van der Waals surface area contributed by atoms with Crippen molar-refractivity contribution in [3.05, 3.63) is 16.0 Å². The van der Waals surface area contributed by atoms with Crippen molar-refractivity contribution in [1.29, 1.82) is 0 Å². The quantitative estimate of drug-likeness (QED) is 0.873. The number of nitrogens with two attached hydrogens (primary N) is 1. The fourth-order valence-corrected chi connectivity index (χ4v) is 4.02. The van der Waals surface area contributed by atoms with Gasteiger partial charge in [-0.3, -0.25) is 9.59 Å². The van der Waals surface area contributed by atoms with E-state index in [1.807, 2.05) is 0 Å². The Hall–Kier alpha value is -1.57. The molecule has 3 N–H and O–H groups in total. The number of hydrogen-bond acceptors (Lipinski definition) is 3. The van der Waals surface area contributed by atoms with Crippen molar-refractivity contribution in [1.82, 2.24) is 0 Å². The molecule has 1 aliphatic carbocycles. The van der Waals surface area contributed by atoms with Crippen LogP contribution in [0.15, 0.2) is 0 Å². The third-order valence-corrected chi connectivity index (χ3v) is 5.50. The topological polar surface area (TPSA) is 72.2 Å². The van der Waals surface area contributed by atoms with Crippen LogP contribution < -0.4 is 11.1 Å². The van der Waals surface area contributed by atoms with E-state index in [-0.39, 0.29) is 18.4 Å². The van der Waals surface area contributed by atoms with E-state index in [1.165, 1.54) is 11.3 Å². The molecule has 128 valence electrons. The second-order valence-electron chi connectivity index (χ2n) is 5.94. The van der Waals surface area contributed by atoms with Gasteiger partial charge in [-0.15, -0.1) is 11.3 Å². The van der Waals surface area contributed by atoms with Gasteiger partial charge in [0.2, 0.25) is 5.91 Å². The van der Waals surface area contributed by atoms with Gasteiger partial charge in [-0.25, -0.2) is 0 Å². The van der Waals surface area contributed by atoms with Crippen LogP contribution in [0.3, 0.4) is 0 Å². The SMILES string of the molecule is Cc1sc(NC(=O)[C@H]2CCC[C@H](C(F)(F)F)C2)c(C(N)=O)c1C. The van der Waals surface area contributed by atoms with Gasteiger partial charge < -0.3 is 11.1 Å². The summed E-state index contributed by atoms with van der Waals surface area (Å²) in [6, 6.07) is 0. The van der Waals surface area contributed by atoms with Crippen molar-refractivity contribution in [2.24, 2.45) is 17.6 Å². The summed E-state index contributed by atoms with van der Waals surface area (Å²) in [6.45, 7) is 3.52. The summed E-state index contributed by atoms with van der Waals surface area (Å²) in [6.07, 6.45) is -3.61. The maximum Gasteiger partial charge on any atom is 0.391 e. The van der Waals surface area contributed by atoms with Crippen LogP contribution in [0.5, 0.6) is 0 Å². The number of carbonyl (C=O) groups is 2. The number of halogens is 3. The van der Waals surface area contributed by atoms with Crippen LogP contribution in [0.1, 0.15) is 46.5 Å². The van der Waals surface area contributed by atoms with Crippen molar-refractivity contribution in [3.8, 4) is 0 Å². The van der Waals surface area contributed by atoms with Gasteiger partial charge in [0.25, 0.3) is 5.91 Å². The van der Waals surface area contributed by atoms with Crippen molar-refractivity contribution in [2.75, 3.05) is 5.32 Å². The number of aryl methyl sites for hydroxylation is 1. The van der Waals surface area contributed by atoms with E-state index in [4.69, 9.17) is 5.73 Å². The second-order valence-corrected chi connectivity index (χ2v) is 7.17. The number of hydrogen-bond donors (Lipinski definition) is 2. The lowest BCUT2D eigenvalue weighted by molar-refractivity contribution is -0.185. The molecule has 0 aliphatic heterocycles. The summed E-state index contributed by atoms with van der Waals surface area (Å²) >= 11 is 1.21. The number of thiophene rings is 1. The van der Waals surface area contributed by atoms with Crippen LogP contribution in [0.4, 0.5) is 18.2 Å². The molecule has 0 bridgehead atoms. The molecule has 4 nitrogen and oxygen atoms in total. The van der Waals surface area contributed by atoms with E-state index in [1.54, 1.807) is 13.8 Å². The molecule has 8 heteroatoms. The molecule has 23 heavy (non-hydrogen) atoms. The minimum Gasteiger partial charge on any atom is -0.365 e. The molecular formula is C15H19F3N2O2S. The molecule has 1 aliphatic rings. The monoisotopic (exact) mass is 348 g/mol. The van der Waals surface area contributed by atoms with Crippen molar-refractivity contribution in [3.63, 3.8) is 0 Å². The fourth-order valence-electron chi connectivity index (χ4n) is 2.95. The first-order valence-electron chi connectivity index (χ1n) is 7.38. The Bertz CT molecular complexity index is 625. The number of nitrogens with one attached hydrogen (secondary N) is 1. The first-order valence-corrected chi connectivity index (χ1v) is 8.20. The third kappa shape index (κ3) is 3.85. The Morgan fingerprint density at radius 2 is 1.91 bits per heavy atom. The van der Waals surface area contributed by atoms with E-state index in [2.05, 4.69) is 5.32 Å². The minimum atomic E-state index is -4.27. The molecule has 0 aromatic carbocycles. The van der Waals surface area contributed by atoms with Crippen molar-refractivity contribution < 1.29 is 22.8 Å². The molecule has 0 spiro atoms. The molecule has 0 saturated heterocycles. The highest BCUT2D eigenvalue weighted by molar-refractivity contribution is 7.16. The van der Waals surface area contributed by atoms with Crippen molar-refractivity contribution >= 4 is 28.2 Å². The Morgan fingerprint density at radius 1 is 1.26 bits per heavy atom. The number of amides is 2. The van der Waals surface area contributed by atoms with Gasteiger partial charge in [0.05, 0.1) is 11.5 Å². The molecule has 2 amide bonds. The van der Waals surface area contributed by atoms with Gasteiger partial charge >= 0.3 is 6.18 Å². The summed E-state index contributed by atoms with van der Waals surface area (Å²) in [5.74, 6) is -3.25. The van der Waals surface area contributed by atoms with Gasteiger partial charge in [0, 0.05) is 10.8 Å². The maximum atomic E-state index is 12.8. The number of anilines is 1. The molecule has 1 saturated carbocycles. The highest BCUT2D eigenvalue weighted by Gasteiger charge is 2.43. The lowest BCUT2D eigenvalue weighted by Gasteiger charge is -2.29. The molecule has 1 fully saturated rings. The lowest BCUT2D eigenvalue weighted by Crippen LogP contribution is -2.34. The van der Waals surface area contributed by atoms with Crippen LogP contribution in [-0.4, -0.2) is 18.0 Å². The second kappa shape index (κ2) is 6.51. The highest BCUT2D eigenvalue weighted by Crippen LogP contribution is 2.41. The zero-order chi connectivity index (χ0) is 17.4. The van der Waals surface area contributed by atoms with Crippen LogP contribution in [0.2, 0.25) is 0 Å². The van der Waals surface area contributed by atoms with E-state index in [0.29, 0.717) is 23.4 Å². The smallest absolute Gasteiger partial charge is 0.365 e. The van der Waals surface area contributed by atoms with Gasteiger partial charge in [-0.2, -0.15) is 13.2 Å². The van der Waals surface area contributed by atoms with Gasteiger partial charge in [-0.05, 0) is 38.7 Å². The van der Waals surface area contributed by atoms with E-state index >= 15 is 0 Å². The molecule has 2 atom stereocenters. The largest absolute Gasteiger partial charge is 0.391 e. The Balaban J connectivity index is 2.14. The predicted molar refractivity (Wildman–Crippen MR) is 82.4 cm³/mol. The molecule has 1 aromatic rings. The van der Waals surface area contributed by atoms with E-state index in [9.17, 15) is 22.8 Å². The summed E-state index contributed by atoms with van der Waals surface area (Å²) in [5, 5.41) is 2.93. The normalized spacial score (nSPS) is 22.0. The Morgan fingerprint density at radius 3 is 2.48 bits per heavy atom.